The number of amides is 1. The zero-order chi connectivity index (χ0) is 13.5. The second-order valence-corrected chi connectivity index (χ2v) is 4.63. The SMILES string of the molecule is CCOCC(=O)N[C@H](CC(C)C)c1ncnn1C. The highest BCUT2D eigenvalue weighted by atomic mass is 16.5. The number of aryl methyl sites for hydroxylation is 1. The lowest BCUT2D eigenvalue weighted by molar-refractivity contribution is -0.126. The van der Waals surface area contributed by atoms with Gasteiger partial charge in [-0.2, -0.15) is 5.10 Å². The van der Waals surface area contributed by atoms with Gasteiger partial charge in [-0.05, 0) is 19.3 Å². The van der Waals surface area contributed by atoms with E-state index in [-0.39, 0.29) is 18.6 Å². The summed E-state index contributed by atoms with van der Waals surface area (Å²) in [6.45, 7) is 6.70. The molecule has 0 saturated heterocycles. The Kier molecular flexibility index (Phi) is 5.77. The van der Waals surface area contributed by atoms with Gasteiger partial charge >= 0.3 is 0 Å². The molecule has 0 aliphatic carbocycles. The summed E-state index contributed by atoms with van der Waals surface area (Å²) >= 11 is 0. The minimum Gasteiger partial charge on any atom is -0.372 e. The molecule has 6 heteroatoms. The van der Waals surface area contributed by atoms with E-state index < -0.39 is 0 Å². The first-order valence-electron chi connectivity index (χ1n) is 6.25. The van der Waals surface area contributed by atoms with E-state index in [4.69, 9.17) is 4.74 Å². The van der Waals surface area contributed by atoms with Crippen LogP contribution < -0.4 is 5.32 Å². The Morgan fingerprint density at radius 3 is 2.78 bits per heavy atom. The number of aromatic nitrogens is 3. The van der Waals surface area contributed by atoms with Gasteiger partial charge in [0, 0.05) is 13.7 Å². The van der Waals surface area contributed by atoms with E-state index in [9.17, 15) is 4.79 Å². The van der Waals surface area contributed by atoms with Crippen molar-refractivity contribution in [3.63, 3.8) is 0 Å². The molecule has 0 aliphatic heterocycles. The van der Waals surface area contributed by atoms with Gasteiger partial charge in [-0.1, -0.05) is 13.8 Å². The fourth-order valence-electron chi connectivity index (χ4n) is 1.75. The summed E-state index contributed by atoms with van der Waals surface area (Å²) < 4.78 is 6.78. The average Bonchev–Trinajstić information content (AvgIpc) is 2.71. The number of hydrogen-bond acceptors (Lipinski definition) is 4. The molecule has 0 radical (unpaired) electrons. The lowest BCUT2D eigenvalue weighted by Crippen LogP contribution is -2.34. The third kappa shape index (κ3) is 4.44. The van der Waals surface area contributed by atoms with Crippen LogP contribution in [-0.4, -0.2) is 33.9 Å². The molecular weight excluding hydrogens is 232 g/mol. The van der Waals surface area contributed by atoms with E-state index in [0.717, 1.165) is 12.2 Å². The Balaban J connectivity index is 2.67. The summed E-state index contributed by atoms with van der Waals surface area (Å²) in [7, 11) is 1.82. The molecule has 18 heavy (non-hydrogen) atoms. The van der Waals surface area contributed by atoms with E-state index in [1.807, 2.05) is 14.0 Å². The van der Waals surface area contributed by atoms with Crippen molar-refractivity contribution in [1.82, 2.24) is 20.1 Å². The molecule has 0 aromatic carbocycles. The fraction of sp³-hybridized carbons (Fsp3) is 0.750. The van der Waals surface area contributed by atoms with Crippen molar-refractivity contribution in [3.8, 4) is 0 Å². The molecular formula is C12H22N4O2. The predicted octanol–water partition coefficient (Wildman–Crippen LogP) is 1.05. The monoisotopic (exact) mass is 254 g/mol. The largest absolute Gasteiger partial charge is 0.372 e. The van der Waals surface area contributed by atoms with E-state index in [0.29, 0.717) is 12.5 Å². The first kappa shape index (κ1) is 14.6. The molecule has 1 aromatic heterocycles. The van der Waals surface area contributed by atoms with E-state index >= 15 is 0 Å². The molecule has 1 N–H and O–H groups in total. The zero-order valence-corrected chi connectivity index (χ0v) is 11.5. The van der Waals surface area contributed by atoms with Gasteiger partial charge in [0.15, 0.2) is 0 Å². The maximum atomic E-state index is 11.7. The molecule has 0 spiro atoms. The van der Waals surface area contributed by atoms with Gasteiger partial charge in [-0.25, -0.2) is 4.98 Å². The lowest BCUT2D eigenvalue weighted by atomic mass is 10.0. The number of hydrogen-bond donors (Lipinski definition) is 1. The van der Waals surface area contributed by atoms with Gasteiger partial charge in [0.05, 0.1) is 6.04 Å². The van der Waals surface area contributed by atoms with E-state index in [1.54, 1.807) is 4.68 Å². The lowest BCUT2D eigenvalue weighted by Gasteiger charge is -2.19. The second kappa shape index (κ2) is 7.10. The molecule has 0 bridgehead atoms. The number of nitrogens with zero attached hydrogens (tertiary/aromatic N) is 3. The highest BCUT2D eigenvalue weighted by molar-refractivity contribution is 5.77. The summed E-state index contributed by atoms with van der Waals surface area (Å²) in [4.78, 5) is 15.9. The molecule has 0 aliphatic rings. The first-order chi connectivity index (χ1) is 8.54. The predicted molar refractivity (Wildman–Crippen MR) is 67.8 cm³/mol. The van der Waals surface area contributed by atoms with E-state index in [2.05, 4.69) is 29.2 Å². The van der Waals surface area contributed by atoms with Crippen LogP contribution >= 0.6 is 0 Å². The Labute approximate surface area is 108 Å². The third-order valence-electron chi connectivity index (χ3n) is 2.54. The molecule has 1 aromatic rings. The number of ether oxygens (including phenoxy) is 1. The molecule has 1 heterocycles. The highest BCUT2D eigenvalue weighted by Gasteiger charge is 2.20. The maximum absolute atomic E-state index is 11.7. The Hall–Kier alpha value is -1.43. The average molecular weight is 254 g/mol. The van der Waals surface area contributed by atoms with Crippen molar-refractivity contribution < 1.29 is 9.53 Å². The number of rotatable bonds is 7. The molecule has 1 rings (SSSR count). The molecule has 0 fully saturated rings. The minimum absolute atomic E-state index is 0.0863. The quantitative estimate of drug-likeness (QED) is 0.789. The summed E-state index contributed by atoms with van der Waals surface area (Å²) in [6.07, 6.45) is 2.32. The molecule has 6 nitrogen and oxygen atoms in total. The van der Waals surface area contributed by atoms with Crippen LogP contribution in [0.3, 0.4) is 0 Å². The van der Waals surface area contributed by atoms with Gasteiger partial charge in [0.2, 0.25) is 5.91 Å². The third-order valence-corrected chi connectivity index (χ3v) is 2.54. The highest BCUT2D eigenvalue weighted by Crippen LogP contribution is 2.18. The van der Waals surface area contributed by atoms with Gasteiger partial charge in [-0.15, -0.1) is 0 Å². The standard InChI is InChI=1S/C12H22N4O2/c1-5-18-7-11(17)15-10(6-9(2)3)12-13-8-14-16(12)4/h8-10H,5-7H2,1-4H3,(H,15,17)/t10-/m1/s1. The minimum atomic E-state index is -0.120. The van der Waals surface area contributed by atoms with Gasteiger partial charge in [0.25, 0.3) is 0 Å². The van der Waals surface area contributed by atoms with Crippen LogP contribution in [0.5, 0.6) is 0 Å². The van der Waals surface area contributed by atoms with Crippen molar-refractivity contribution in [1.29, 1.82) is 0 Å². The van der Waals surface area contributed by atoms with Crippen LogP contribution in [0.25, 0.3) is 0 Å². The summed E-state index contributed by atoms with van der Waals surface area (Å²) in [5, 5.41) is 6.98. The summed E-state index contributed by atoms with van der Waals surface area (Å²) in [5.41, 5.74) is 0. The van der Waals surface area contributed by atoms with Crippen molar-refractivity contribution in [3.05, 3.63) is 12.2 Å². The van der Waals surface area contributed by atoms with Crippen LogP contribution in [0.1, 0.15) is 39.1 Å². The molecule has 0 unspecified atom stereocenters. The number of carbonyl (C=O) groups is 1. The van der Waals surface area contributed by atoms with Crippen LogP contribution in [0, 0.1) is 5.92 Å². The fourth-order valence-corrected chi connectivity index (χ4v) is 1.75. The zero-order valence-electron chi connectivity index (χ0n) is 11.5. The Bertz CT molecular complexity index is 376. The van der Waals surface area contributed by atoms with Gasteiger partial charge < -0.3 is 10.1 Å². The van der Waals surface area contributed by atoms with Crippen molar-refractivity contribution >= 4 is 5.91 Å². The van der Waals surface area contributed by atoms with Crippen LogP contribution in [0.4, 0.5) is 0 Å². The number of nitrogens with one attached hydrogen (secondary N) is 1. The van der Waals surface area contributed by atoms with Crippen molar-refractivity contribution in [2.45, 2.75) is 33.2 Å². The van der Waals surface area contributed by atoms with Crippen molar-refractivity contribution in [2.24, 2.45) is 13.0 Å². The first-order valence-corrected chi connectivity index (χ1v) is 6.25. The smallest absolute Gasteiger partial charge is 0.246 e. The van der Waals surface area contributed by atoms with E-state index in [1.165, 1.54) is 6.33 Å². The second-order valence-electron chi connectivity index (χ2n) is 4.63. The van der Waals surface area contributed by atoms with Crippen LogP contribution in [0.15, 0.2) is 6.33 Å². The Morgan fingerprint density at radius 2 is 2.28 bits per heavy atom. The molecule has 0 saturated carbocycles. The maximum Gasteiger partial charge on any atom is 0.246 e. The Morgan fingerprint density at radius 1 is 1.56 bits per heavy atom. The molecule has 1 atom stereocenters. The van der Waals surface area contributed by atoms with Crippen LogP contribution in [0.2, 0.25) is 0 Å². The topological polar surface area (TPSA) is 69.0 Å². The molecule has 1 amide bonds. The van der Waals surface area contributed by atoms with Crippen molar-refractivity contribution in [2.75, 3.05) is 13.2 Å². The summed E-state index contributed by atoms with van der Waals surface area (Å²) in [5.74, 6) is 1.11. The van der Waals surface area contributed by atoms with Gasteiger partial charge in [0.1, 0.15) is 18.8 Å². The van der Waals surface area contributed by atoms with Crippen LogP contribution in [-0.2, 0) is 16.6 Å². The van der Waals surface area contributed by atoms with Gasteiger partial charge in [-0.3, -0.25) is 9.48 Å². The molecule has 102 valence electrons. The number of carbonyl (C=O) groups excluding carboxylic acids is 1. The normalized spacial score (nSPS) is 12.7. The summed E-state index contributed by atoms with van der Waals surface area (Å²) in [6, 6.07) is -0.120.